The van der Waals surface area contributed by atoms with Gasteiger partial charge in [-0.05, 0) is 62.4 Å². The van der Waals surface area contributed by atoms with Crippen molar-refractivity contribution < 1.29 is 46.1 Å². The lowest BCUT2D eigenvalue weighted by Crippen LogP contribution is -2.51. The second-order valence-corrected chi connectivity index (χ2v) is 10.4. The number of rotatable bonds is 8. The molecule has 0 spiro atoms. The minimum Gasteiger partial charge on any atom is -0.496 e. The lowest BCUT2D eigenvalue weighted by Gasteiger charge is -2.31. The lowest BCUT2D eigenvalue weighted by atomic mass is 9.81. The zero-order valence-corrected chi connectivity index (χ0v) is 23.6. The highest BCUT2D eigenvalue weighted by atomic mass is 19.4. The summed E-state index contributed by atoms with van der Waals surface area (Å²) in [7, 11) is 1.34. The van der Waals surface area contributed by atoms with Crippen LogP contribution in [0, 0.1) is 12.7 Å². The second kappa shape index (κ2) is 10.9. The molecule has 10 nitrogen and oxygen atoms in total. The molecular formula is C30H26F4N4O6. The third-order valence-corrected chi connectivity index (χ3v) is 7.59. The number of aliphatic hydroxyl groups is 1. The van der Waals surface area contributed by atoms with E-state index in [1.54, 1.807) is 6.92 Å². The molecule has 0 fully saturated rings. The third-order valence-electron chi connectivity index (χ3n) is 7.59. The van der Waals surface area contributed by atoms with Gasteiger partial charge in [0, 0.05) is 16.7 Å². The van der Waals surface area contributed by atoms with E-state index < -0.39 is 47.1 Å². The standard InChI is InChI=1S/C30H26F4N4O6/c1-15-24(44-14-37-15)19-9-6-17(10-21(19)42-3)26(39)36-12-29(41,30(32,33)34)22-11-20-25(43-13-28(20,2)27(35)40)23(38-22)16-4-7-18(31)8-5-16/h4-11,14,41H,12-13H2,1-3H3,(H2,35,40)(H,36,39)/t28-,29-/m0/s1. The number of ether oxygens (including phenoxy) is 2. The van der Waals surface area contributed by atoms with E-state index in [9.17, 15) is 32.3 Å². The van der Waals surface area contributed by atoms with Crippen molar-refractivity contribution in [2.24, 2.45) is 5.73 Å². The van der Waals surface area contributed by atoms with Gasteiger partial charge in [-0.25, -0.2) is 14.4 Å². The van der Waals surface area contributed by atoms with Crippen LogP contribution in [0.5, 0.6) is 11.5 Å². The Balaban J connectivity index is 1.54. The van der Waals surface area contributed by atoms with Crippen molar-refractivity contribution in [2.75, 3.05) is 20.3 Å². The Morgan fingerprint density at radius 3 is 2.45 bits per heavy atom. The highest BCUT2D eigenvalue weighted by Crippen LogP contribution is 2.47. The first kappa shape index (κ1) is 30.5. The summed E-state index contributed by atoms with van der Waals surface area (Å²) < 4.78 is 74.0. The lowest BCUT2D eigenvalue weighted by molar-refractivity contribution is -0.265. The number of hydrogen-bond donors (Lipinski definition) is 3. The summed E-state index contributed by atoms with van der Waals surface area (Å²) in [5.74, 6) is -1.92. The van der Waals surface area contributed by atoms with Gasteiger partial charge in [-0.2, -0.15) is 13.2 Å². The van der Waals surface area contributed by atoms with Gasteiger partial charge in [-0.3, -0.25) is 9.59 Å². The quantitative estimate of drug-likeness (QED) is 0.250. The van der Waals surface area contributed by atoms with Gasteiger partial charge >= 0.3 is 6.18 Å². The summed E-state index contributed by atoms with van der Waals surface area (Å²) in [5, 5.41) is 13.3. The van der Waals surface area contributed by atoms with Crippen molar-refractivity contribution in [2.45, 2.75) is 31.0 Å². The molecule has 0 bridgehead atoms. The summed E-state index contributed by atoms with van der Waals surface area (Å²) in [6.07, 6.45) is -4.13. The molecule has 230 valence electrons. The fourth-order valence-electron chi connectivity index (χ4n) is 4.83. The molecule has 2 amide bonds. The van der Waals surface area contributed by atoms with E-state index in [4.69, 9.17) is 19.6 Å². The number of amides is 2. The maximum Gasteiger partial charge on any atom is 0.424 e. The molecule has 0 saturated carbocycles. The van der Waals surface area contributed by atoms with Crippen molar-refractivity contribution in [3.63, 3.8) is 0 Å². The molecule has 2 aromatic carbocycles. The third kappa shape index (κ3) is 5.10. The Morgan fingerprint density at radius 2 is 1.86 bits per heavy atom. The zero-order chi connectivity index (χ0) is 32.0. The van der Waals surface area contributed by atoms with Gasteiger partial charge in [0.2, 0.25) is 11.5 Å². The second-order valence-electron chi connectivity index (χ2n) is 10.4. The number of halogens is 4. The molecule has 1 aliphatic rings. The van der Waals surface area contributed by atoms with Crippen LogP contribution in [0.25, 0.3) is 22.6 Å². The van der Waals surface area contributed by atoms with Gasteiger partial charge in [-0.15, -0.1) is 0 Å². The predicted molar refractivity (Wildman–Crippen MR) is 147 cm³/mol. The number of benzene rings is 2. The molecule has 0 saturated heterocycles. The number of hydrogen-bond acceptors (Lipinski definition) is 8. The van der Waals surface area contributed by atoms with Crippen LogP contribution >= 0.6 is 0 Å². The molecule has 0 radical (unpaired) electrons. The van der Waals surface area contributed by atoms with E-state index in [2.05, 4.69) is 15.3 Å². The number of aromatic nitrogens is 2. The maximum atomic E-state index is 14.6. The SMILES string of the molecule is COc1cc(C(=O)NC[C@](O)(c2cc3c(c(-c4ccc(F)cc4)n2)OC[C@]3(C)C(N)=O)C(F)(F)F)ccc1-c1ocnc1C. The Bertz CT molecular complexity index is 1760. The number of carbonyl (C=O) groups is 2. The summed E-state index contributed by atoms with van der Waals surface area (Å²) >= 11 is 0. The van der Waals surface area contributed by atoms with Crippen LogP contribution in [-0.2, 0) is 15.8 Å². The van der Waals surface area contributed by atoms with E-state index in [-0.39, 0.29) is 40.5 Å². The normalized spacial score (nSPS) is 17.4. The van der Waals surface area contributed by atoms with Crippen molar-refractivity contribution in [1.82, 2.24) is 15.3 Å². The first-order chi connectivity index (χ1) is 20.7. The predicted octanol–water partition coefficient (Wildman–Crippen LogP) is 4.18. The van der Waals surface area contributed by atoms with Gasteiger partial charge in [0.15, 0.2) is 12.2 Å². The molecule has 5 rings (SSSR count). The van der Waals surface area contributed by atoms with E-state index in [0.717, 1.165) is 18.2 Å². The van der Waals surface area contributed by atoms with Gasteiger partial charge in [-0.1, -0.05) is 0 Å². The summed E-state index contributed by atoms with van der Waals surface area (Å²) in [4.78, 5) is 33.5. The van der Waals surface area contributed by atoms with Crippen LogP contribution in [0.4, 0.5) is 17.6 Å². The number of aryl methyl sites for hydroxylation is 1. The number of carbonyl (C=O) groups excluding carboxylic acids is 2. The van der Waals surface area contributed by atoms with Gasteiger partial charge in [0.25, 0.3) is 5.91 Å². The van der Waals surface area contributed by atoms with Gasteiger partial charge in [0.05, 0.1) is 30.6 Å². The number of pyridine rings is 1. The molecule has 14 heteroatoms. The molecule has 2 aromatic heterocycles. The van der Waals surface area contributed by atoms with Crippen molar-refractivity contribution in [3.8, 4) is 34.1 Å². The van der Waals surface area contributed by atoms with Gasteiger partial charge < -0.3 is 30.0 Å². The van der Waals surface area contributed by atoms with Crippen LogP contribution in [0.15, 0.2) is 59.3 Å². The minimum absolute atomic E-state index is 0.0376. The Hall–Kier alpha value is -4.98. The Morgan fingerprint density at radius 1 is 1.16 bits per heavy atom. The van der Waals surface area contributed by atoms with Crippen molar-refractivity contribution in [3.05, 3.63) is 83.3 Å². The van der Waals surface area contributed by atoms with Crippen LogP contribution in [-0.4, -0.2) is 53.3 Å². The Kier molecular flexibility index (Phi) is 7.58. The average molecular weight is 615 g/mol. The van der Waals surface area contributed by atoms with E-state index >= 15 is 0 Å². The van der Waals surface area contributed by atoms with E-state index in [1.807, 2.05) is 0 Å². The smallest absolute Gasteiger partial charge is 0.424 e. The number of nitrogens with zero attached hydrogens (tertiary/aromatic N) is 2. The topological polar surface area (TPSA) is 150 Å². The highest BCUT2D eigenvalue weighted by molar-refractivity contribution is 5.95. The van der Waals surface area contributed by atoms with Crippen LogP contribution in [0.3, 0.4) is 0 Å². The summed E-state index contributed by atoms with van der Waals surface area (Å²) in [6, 6.07) is 9.67. The number of oxazole rings is 1. The van der Waals surface area contributed by atoms with Crippen LogP contribution in [0.1, 0.15) is 34.2 Å². The minimum atomic E-state index is -5.37. The largest absolute Gasteiger partial charge is 0.496 e. The van der Waals surface area contributed by atoms with E-state index in [1.165, 1.54) is 50.8 Å². The van der Waals surface area contributed by atoms with Crippen LogP contribution in [0.2, 0.25) is 0 Å². The summed E-state index contributed by atoms with van der Waals surface area (Å²) in [5.41, 5.74) is 0.199. The number of nitrogens with one attached hydrogen (secondary N) is 1. The fraction of sp³-hybridized carbons (Fsp3) is 0.267. The molecule has 0 aliphatic carbocycles. The first-order valence-corrected chi connectivity index (χ1v) is 13.1. The average Bonchev–Trinajstić information content (AvgIpc) is 3.58. The number of methoxy groups -OCH3 is 1. The fourth-order valence-corrected chi connectivity index (χ4v) is 4.83. The molecule has 1 aliphatic heterocycles. The first-order valence-electron chi connectivity index (χ1n) is 13.1. The monoisotopic (exact) mass is 614 g/mol. The zero-order valence-electron chi connectivity index (χ0n) is 23.6. The highest BCUT2D eigenvalue weighted by Gasteiger charge is 2.57. The molecule has 2 atom stereocenters. The molecule has 4 N–H and O–H groups in total. The molecule has 4 aromatic rings. The van der Waals surface area contributed by atoms with Crippen LogP contribution < -0.4 is 20.5 Å². The van der Waals surface area contributed by atoms with Crippen molar-refractivity contribution in [1.29, 1.82) is 0 Å². The molecule has 44 heavy (non-hydrogen) atoms. The summed E-state index contributed by atoms with van der Waals surface area (Å²) in [6.45, 7) is 1.42. The molecule has 3 heterocycles. The number of primary amides is 1. The van der Waals surface area contributed by atoms with E-state index in [0.29, 0.717) is 17.0 Å². The number of alkyl halides is 3. The molecule has 0 unspecified atom stereocenters. The van der Waals surface area contributed by atoms with Crippen molar-refractivity contribution >= 4 is 11.8 Å². The number of fused-ring (bicyclic) bond motifs is 1. The Labute approximate surface area is 247 Å². The number of nitrogens with two attached hydrogens (primary N) is 1. The molecular weight excluding hydrogens is 588 g/mol. The van der Waals surface area contributed by atoms with Gasteiger partial charge in [0.1, 0.15) is 35.0 Å². The maximum absolute atomic E-state index is 14.6.